The van der Waals surface area contributed by atoms with Crippen molar-refractivity contribution in [2.75, 3.05) is 6.54 Å². The van der Waals surface area contributed by atoms with Crippen LogP contribution in [0.2, 0.25) is 0 Å². The molecule has 4 rings (SSSR count). The first-order valence-electron chi connectivity index (χ1n) is 11.1. The number of aromatic amines is 1. The van der Waals surface area contributed by atoms with Crippen LogP contribution in [0.25, 0.3) is 22.2 Å². The number of carbonyl (C=O) groups is 1. The summed E-state index contributed by atoms with van der Waals surface area (Å²) in [6.07, 6.45) is 0.600. The zero-order valence-corrected chi connectivity index (χ0v) is 19.7. The summed E-state index contributed by atoms with van der Waals surface area (Å²) in [7, 11) is 0. The third-order valence-electron chi connectivity index (χ3n) is 5.77. The van der Waals surface area contributed by atoms with Crippen molar-refractivity contribution >= 4 is 17.0 Å². The van der Waals surface area contributed by atoms with E-state index in [1.54, 1.807) is 0 Å². The number of ether oxygens (including phenoxy) is 1. The maximum atomic E-state index is 12.6. The van der Waals surface area contributed by atoms with E-state index in [-0.39, 0.29) is 6.09 Å². The molecule has 0 saturated carbocycles. The highest BCUT2D eigenvalue weighted by atomic mass is 16.6. The Morgan fingerprint density at radius 3 is 2.39 bits per heavy atom. The van der Waals surface area contributed by atoms with Crippen LogP contribution in [0.1, 0.15) is 68.6 Å². The molecule has 2 aromatic heterocycles. The van der Waals surface area contributed by atoms with Crippen LogP contribution >= 0.6 is 0 Å². The van der Waals surface area contributed by atoms with Gasteiger partial charge in [-0.15, -0.1) is 0 Å². The average Bonchev–Trinajstić information content (AvgIpc) is 3.02. The predicted molar refractivity (Wildman–Crippen MR) is 125 cm³/mol. The standard InChI is InChI=1S/C26H33N3O2/c1-15(2)23-21-12-20-14-29(25(30)31-26(5,6)7)9-8-18(20)13-22(21)28-24(23)19-10-16(3)27-17(4)11-19/h10-13,15,28H,8-9,14H2,1-7H3. The minimum Gasteiger partial charge on any atom is -0.444 e. The van der Waals surface area contributed by atoms with Gasteiger partial charge in [0.2, 0.25) is 0 Å². The summed E-state index contributed by atoms with van der Waals surface area (Å²) in [6, 6.07) is 8.84. The van der Waals surface area contributed by atoms with E-state index < -0.39 is 5.60 Å². The van der Waals surface area contributed by atoms with Crippen LogP contribution in [0.3, 0.4) is 0 Å². The Hall–Kier alpha value is -2.82. The lowest BCUT2D eigenvalue weighted by molar-refractivity contribution is 0.0224. The molecule has 0 fully saturated rings. The van der Waals surface area contributed by atoms with E-state index in [0.29, 0.717) is 19.0 Å². The summed E-state index contributed by atoms with van der Waals surface area (Å²) in [5.41, 5.74) is 8.90. The minimum atomic E-state index is -0.484. The number of rotatable bonds is 2. The molecule has 0 saturated heterocycles. The lowest BCUT2D eigenvalue weighted by Gasteiger charge is -2.31. The summed E-state index contributed by atoms with van der Waals surface area (Å²) in [5.74, 6) is 0.362. The van der Waals surface area contributed by atoms with Crippen molar-refractivity contribution in [3.63, 3.8) is 0 Å². The summed E-state index contributed by atoms with van der Waals surface area (Å²) in [5, 5.41) is 1.24. The van der Waals surface area contributed by atoms with Gasteiger partial charge in [-0.05, 0) is 87.9 Å². The molecule has 5 heteroatoms. The van der Waals surface area contributed by atoms with Crippen molar-refractivity contribution in [3.8, 4) is 11.3 Å². The molecule has 3 aromatic rings. The molecule has 1 N–H and O–H groups in total. The molecule has 0 spiro atoms. The van der Waals surface area contributed by atoms with Gasteiger partial charge in [-0.2, -0.15) is 0 Å². The number of H-pyrrole nitrogens is 1. The van der Waals surface area contributed by atoms with Gasteiger partial charge in [0.25, 0.3) is 0 Å². The molecule has 0 aliphatic carbocycles. The van der Waals surface area contributed by atoms with Gasteiger partial charge >= 0.3 is 6.09 Å². The molecule has 1 aliphatic heterocycles. The highest BCUT2D eigenvalue weighted by Gasteiger charge is 2.27. The fourth-order valence-corrected chi connectivity index (χ4v) is 4.56. The summed E-state index contributed by atoms with van der Waals surface area (Å²) in [6.45, 7) is 15.5. The van der Waals surface area contributed by atoms with Crippen molar-refractivity contribution in [1.29, 1.82) is 0 Å². The maximum absolute atomic E-state index is 12.6. The normalized spacial score (nSPS) is 14.3. The van der Waals surface area contributed by atoms with Gasteiger partial charge in [0.05, 0.1) is 5.69 Å². The van der Waals surface area contributed by atoms with Crippen molar-refractivity contribution in [2.24, 2.45) is 0 Å². The van der Waals surface area contributed by atoms with Crippen molar-refractivity contribution in [2.45, 2.75) is 73.0 Å². The van der Waals surface area contributed by atoms with Crippen LogP contribution in [-0.4, -0.2) is 33.1 Å². The van der Waals surface area contributed by atoms with Crippen LogP contribution in [0.5, 0.6) is 0 Å². The third-order valence-corrected chi connectivity index (χ3v) is 5.77. The Morgan fingerprint density at radius 1 is 1.10 bits per heavy atom. The fraction of sp³-hybridized carbons (Fsp3) is 0.462. The molecule has 0 unspecified atom stereocenters. The van der Waals surface area contributed by atoms with Crippen LogP contribution in [0, 0.1) is 13.8 Å². The second-order valence-electron chi connectivity index (χ2n) is 10.0. The number of pyridine rings is 1. The van der Waals surface area contributed by atoms with E-state index in [9.17, 15) is 4.79 Å². The Morgan fingerprint density at radius 2 is 1.77 bits per heavy atom. The van der Waals surface area contributed by atoms with Crippen LogP contribution < -0.4 is 0 Å². The molecule has 1 aliphatic rings. The monoisotopic (exact) mass is 419 g/mol. The second kappa shape index (κ2) is 7.70. The zero-order valence-electron chi connectivity index (χ0n) is 19.7. The number of hydrogen-bond donors (Lipinski definition) is 1. The van der Waals surface area contributed by atoms with Gasteiger partial charge < -0.3 is 14.6 Å². The summed E-state index contributed by atoms with van der Waals surface area (Å²) >= 11 is 0. The minimum absolute atomic E-state index is 0.236. The third kappa shape index (κ3) is 4.32. The first-order chi connectivity index (χ1) is 14.5. The Bertz CT molecular complexity index is 1130. The molecule has 0 radical (unpaired) electrons. The molecule has 1 amide bonds. The quantitative estimate of drug-likeness (QED) is 0.533. The van der Waals surface area contributed by atoms with Crippen LogP contribution in [0.15, 0.2) is 24.3 Å². The predicted octanol–water partition coefficient (Wildman–Crippen LogP) is 6.26. The van der Waals surface area contributed by atoms with E-state index in [4.69, 9.17) is 4.74 Å². The number of nitrogens with zero attached hydrogens (tertiary/aromatic N) is 2. The molecule has 1 aromatic carbocycles. The number of nitrogens with one attached hydrogen (secondary N) is 1. The molecule has 164 valence electrons. The molecular formula is C26H33N3O2. The van der Waals surface area contributed by atoms with Crippen molar-refractivity contribution in [1.82, 2.24) is 14.9 Å². The molecule has 3 heterocycles. The highest BCUT2D eigenvalue weighted by Crippen LogP contribution is 2.38. The van der Waals surface area contributed by atoms with Gasteiger partial charge in [0.15, 0.2) is 0 Å². The molecule has 0 bridgehead atoms. The van der Waals surface area contributed by atoms with Gasteiger partial charge in [0.1, 0.15) is 5.60 Å². The largest absolute Gasteiger partial charge is 0.444 e. The number of fused-ring (bicyclic) bond motifs is 2. The molecule has 0 atom stereocenters. The Balaban J connectivity index is 1.77. The lowest BCUT2D eigenvalue weighted by atomic mass is 9.92. The summed E-state index contributed by atoms with van der Waals surface area (Å²) in [4.78, 5) is 22.7. The molecular weight excluding hydrogens is 386 g/mol. The van der Waals surface area contributed by atoms with Gasteiger partial charge in [-0.3, -0.25) is 4.98 Å². The van der Waals surface area contributed by atoms with E-state index in [1.807, 2.05) is 39.5 Å². The van der Waals surface area contributed by atoms with Gasteiger partial charge in [-0.25, -0.2) is 4.79 Å². The topological polar surface area (TPSA) is 58.2 Å². The first kappa shape index (κ1) is 21.4. The van der Waals surface area contributed by atoms with E-state index >= 15 is 0 Å². The average molecular weight is 420 g/mol. The first-order valence-corrected chi connectivity index (χ1v) is 11.1. The van der Waals surface area contributed by atoms with Gasteiger partial charge in [0, 0.05) is 40.9 Å². The zero-order chi connectivity index (χ0) is 22.5. The number of amides is 1. The number of hydrogen-bond acceptors (Lipinski definition) is 3. The Kier molecular flexibility index (Phi) is 5.32. The second-order valence-corrected chi connectivity index (χ2v) is 10.0. The molecule has 31 heavy (non-hydrogen) atoms. The Labute approximate surface area is 184 Å². The number of benzene rings is 1. The number of aryl methyl sites for hydroxylation is 2. The van der Waals surface area contributed by atoms with Crippen molar-refractivity contribution < 1.29 is 9.53 Å². The molecule has 5 nitrogen and oxygen atoms in total. The fourth-order valence-electron chi connectivity index (χ4n) is 4.56. The van der Waals surface area contributed by atoms with E-state index in [2.05, 4.69) is 48.1 Å². The lowest BCUT2D eigenvalue weighted by Crippen LogP contribution is -2.39. The summed E-state index contributed by atoms with van der Waals surface area (Å²) < 4.78 is 5.60. The van der Waals surface area contributed by atoms with Crippen LogP contribution in [-0.2, 0) is 17.7 Å². The highest BCUT2D eigenvalue weighted by molar-refractivity contribution is 5.92. The van der Waals surface area contributed by atoms with Crippen molar-refractivity contribution in [3.05, 3.63) is 52.3 Å². The number of carbonyl (C=O) groups excluding carboxylic acids is 1. The van der Waals surface area contributed by atoms with Crippen LogP contribution in [0.4, 0.5) is 4.79 Å². The van der Waals surface area contributed by atoms with E-state index in [1.165, 1.54) is 33.3 Å². The number of aromatic nitrogens is 2. The van der Waals surface area contributed by atoms with E-state index in [0.717, 1.165) is 23.3 Å². The smallest absolute Gasteiger partial charge is 0.410 e. The SMILES string of the molecule is Cc1cc(-c2[nH]c3cc4c(cc3c2C(C)C)CN(C(=O)OC(C)(C)C)CC4)cc(C)n1. The maximum Gasteiger partial charge on any atom is 0.410 e. The van der Waals surface area contributed by atoms with Gasteiger partial charge in [-0.1, -0.05) is 13.8 Å².